The number of hydrogen-bond acceptors (Lipinski definition) is 5. The summed E-state index contributed by atoms with van der Waals surface area (Å²) < 4.78 is 4.76. The monoisotopic (exact) mass is 331 g/mol. The first-order valence-corrected chi connectivity index (χ1v) is 8.03. The Bertz CT molecular complexity index is 697. The number of hydrogen-bond donors (Lipinski definition) is 0. The number of aromatic nitrogens is 2. The molecule has 23 heavy (non-hydrogen) atoms. The van der Waals surface area contributed by atoms with Crippen molar-refractivity contribution in [2.24, 2.45) is 0 Å². The number of methoxy groups -OCH3 is 1. The zero-order valence-corrected chi connectivity index (χ0v) is 13.7. The first-order chi connectivity index (χ1) is 11.2. The van der Waals surface area contributed by atoms with Crippen LogP contribution >= 0.6 is 11.6 Å². The highest BCUT2D eigenvalue weighted by molar-refractivity contribution is 6.30. The average molecular weight is 332 g/mol. The van der Waals surface area contributed by atoms with E-state index in [-0.39, 0.29) is 5.69 Å². The molecule has 0 amide bonds. The summed E-state index contributed by atoms with van der Waals surface area (Å²) in [4.78, 5) is 23.0. The third kappa shape index (κ3) is 3.45. The summed E-state index contributed by atoms with van der Waals surface area (Å²) in [5.41, 5.74) is 1.78. The molecule has 0 bridgehead atoms. The van der Waals surface area contributed by atoms with Crippen LogP contribution in [0.1, 0.15) is 29.8 Å². The minimum absolute atomic E-state index is 0.207. The molecular weight excluding hydrogens is 314 g/mol. The standard InChI is InChI=1S/C17H18ClN3O2/c1-23-17(22)14-11-19-16(21-9-3-2-4-10-21)15(20-14)12-5-7-13(18)8-6-12/h5-8,11H,2-4,9-10H2,1H3. The number of piperidine rings is 1. The fourth-order valence-corrected chi connectivity index (χ4v) is 2.85. The Kier molecular flexibility index (Phi) is 4.76. The minimum atomic E-state index is -0.488. The highest BCUT2D eigenvalue weighted by Crippen LogP contribution is 2.30. The number of ether oxygens (including phenoxy) is 1. The van der Waals surface area contributed by atoms with E-state index in [1.54, 1.807) is 0 Å². The largest absolute Gasteiger partial charge is 0.464 e. The van der Waals surface area contributed by atoms with Crippen LogP contribution in [-0.4, -0.2) is 36.1 Å². The van der Waals surface area contributed by atoms with Crippen molar-refractivity contribution in [3.63, 3.8) is 0 Å². The summed E-state index contributed by atoms with van der Waals surface area (Å²) in [5.74, 6) is 0.317. The fraction of sp³-hybridized carbons (Fsp3) is 0.353. The second-order valence-corrected chi connectivity index (χ2v) is 5.91. The van der Waals surface area contributed by atoms with Gasteiger partial charge < -0.3 is 9.64 Å². The summed E-state index contributed by atoms with van der Waals surface area (Å²) in [6.07, 6.45) is 5.00. The Labute approximate surface area is 140 Å². The summed E-state index contributed by atoms with van der Waals surface area (Å²) >= 11 is 5.97. The lowest BCUT2D eigenvalue weighted by atomic mass is 10.1. The molecule has 1 aliphatic rings. The van der Waals surface area contributed by atoms with Crippen molar-refractivity contribution in [1.82, 2.24) is 9.97 Å². The van der Waals surface area contributed by atoms with Crippen LogP contribution in [0, 0.1) is 0 Å². The van der Waals surface area contributed by atoms with Crippen LogP contribution in [0.15, 0.2) is 30.5 Å². The minimum Gasteiger partial charge on any atom is -0.464 e. The van der Waals surface area contributed by atoms with Gasteiger partial charge in [-0.2, -0.15) is 0 Å². The molecule has 2 aromatic rings. The lowest BCUT2D eigenvalue weighted by Gasteiger charge is -2.29. The predicted octanol–water partition coefficient (Wildman–Crippen LogP) is 3.57. The molecule has 1 aliphatic heterocycles. The molecule has 0 aliphatic carbocycles. The van der Waals surface area contributed by atoms with Crippen molar-refractivity contribution in [1.29, 1.82) is 0 Å². The molecule has 0 atom stereocenters. The number of anilines is 1. The number of benzene rings is 1. The quantitative estimate of drug-likeness (QED) is 0.805. The van der Waals surface area contributed by atoms with E-state index < -0.39 is 5.97 Å². The Morgan fingerprint density at radius 1 is 1.17 bits per heavy atom. The molecule has 0 N–H and O–H groups in total. The first kappa shape index (κ1) is 15.7. The van der Waals surface area contributed by atoms with Crippen LogP contribution in [0.2, 0.25) is 5.02 Å². The van der Waals surface area contributed by atoms with E-state index in [0.717, 1.165) is 37.3 Å². The molecule has 6 heteroatoms. The van der Waals surface area contributed by atoms with Gasteiger partial charge >= 0.3 is 5.97 Å². The predicted molar refractivity (Wildman–Crippen MR) is 89.9 cm³/mol. The summed E-state index contributed by atoms with van der Waals surface area (Å²) in [7, 11) is 1.34. The van der Waals surface area contributed by atoms with E-state index in [0.29, 0.717) is 10.7 Å². The SMILES string of the molecule is COC(=O)c1cnc(N2CCCCC2)c(-c2ccc(Cl)cc2)n1. The van der Waals surface area contributed by atoms with Gasteiger partial charge in [0.2, 0.25) is 0 Å². The van der Waals surface area contributed by atoms with Crippen LogP contribution in [0.25, 0.3) is 11.3 Å². The number of carbonyl (C=O) groups excluding carboxylic acids is 1. The van der Waals surface area contributed by atoms with Gasteiger partial charge in [0.1, 0.15) is 5.69 Å². The van der Waals surface area contributed by atoms with Crippen LogP contribution in [0.3, 0.4) is 0 Å². The molecule has 1 aromatic carbocycles. The molecule has 120 valence electrons. The Morgan fingerprint density at radius 3 is 2.52 bits per heavy atom. The normalized spacial score (nSPS) is 14.6. The van der Waals surface area contributed by atoms with Crippen LogP contribution in [-0.2, 0) is 4.74 Å². The molecule has 0 radical (unpaired) electrons. The van der Waals surface area contributed by atoms with Gasteiger partial charge in [-0.15, -0.1) is 0 Å². The Balaban J connectivity index is 2.07. The molecule has 0 spiro atoms. The van der Waals surface area contributed by atoms with E-state index in [1.807, 2.05) is 24.3 Å². The molecule has 1 saturated heterocycles. The van der Waals surface area contributed by atoms with Gasteiger partial charge in [-0.25, -0.2) is 14.8 Å². The van der Waals surface area contributed by atoms with Gasteiger partial charge in [0.05, 0.1) is 13.3 Å². The third-order valence-corrected chi connectivity index (χ3v) is 4.17. The van der Waals surface area contributed by atoms with Crippen molar-refractivity contribution < 1.29 is 9.53 Å². The maximum atomic E-state index is 11.8. The van der Waals surface area contributed by atoms with E-state index in [9.17, 15) is 4.79 Å². The molecule has 0 saturated carbocycles. The molecule has 1 fully saturated rings. The number of carbonyl (C=O) groups is 1. The van der Waals surface area contributed by atoms with E-state index in [4.69, 9.17) is 16.3 Å². The van der Waals surface area contributed by atoms with Gasteiger partial charge in [-0.3, -0.25) is 0 Å². The van der Waals surface area contributed by atoms with Crippen LogP contribution in [0.4, 0.5) is 5.82 Å². The van der Waals surface area contributed by atoms with Gasteiger partial charge in [0, 0.05) is 23.7 Å². The maximum absolute atomic E-state index is 11.8. The molecule has 5 nitrogen and oxygen atoms in total. The first-order valence-electron chi connectivity index (χ1n) is 7.65. The molecular formula is C17H18ClN3O2. The van der Waals surface area contributed by atoms with Gasteiger partial charge in [-0.1, -0.05) is 23.7 Å². The number of nitrogens with zero attached hydrogens (tertiary/aromatic N) is 3. The van der Waals surface area contributed by atoms with E-state index in [2.05, 4.69) is 14.9 Å². The number of halogens is 1. The summed E-state index contributed by atoms with van der Waals surface area (Å²) in [5, 5.41) is 0.658. The summed E-state index contributed by atoms with van der Waals surface area (Å²) in [6.45, 7) is 1.90. The molecule has 3 rings (SSSR count). The van der Waals surface area contributed by atoms with E-state index in [1.165, 1.54) is 19.7 Å². The van der Waals surface area contributed by atoms with Crippen LogP contribution in [0.5, 0.6) is 0 Å². The smallest absolute Gasteiger partial charge is 0.358 e. The highest BCUT2D eigenvalue weighted by atomic mass is 35.5. The average Bonchev–Trinajstić information content (AvgIpc) is 2.62. The van der Waals surface area contributed by atoms with E-state index >= 15 is 0 Å². The van der Waals surface area contributed by atoms with Crippen LogP contribution < -0.4 is 4.90 Å². The lowest BCUT2D eigenvalue weighted by molar-refractivity contribution is 0.0593. The number of esters is 1. The Hall–Kier alpha value is -2.14. The molecule has 1 aromatic heterocycles. The molecule has 2 heterocycles. The van der Waals surface area contributed by atoms with Crippen molar-refractivity contribution in [2.75, 3.05) is 25.1 Å². The molecule has 0 unspecified atom stereocenters. The second-order valence-electron chi connectivity index (χ2n) is 5.47. The third-order valence-electron chi connectivity index (χ3n) is 3.92. The van der Waals surface area contributed by atoms with Crippen molar-refractivity contribution in [3.05, 3.63) is 41.2 Å². The lowest BCUT2D eigenvalue weighted by Crippen LogP contribution is -2.31. The highest BCUT2D eigenvalue weighted by Gasteiger charge is 2.20. The fourth-order valence-electron chi connectivity index (χ4n) is 2.72. The maximum Gasteiger partial charge on any atom is 0.358 e. The van der Waals surface area contributed by atoms with Crippen molar-refractivity contribution in [3.8, 4) is 11.3 Å². The topological polar surface area (TPSA) is 55.3 Å². The van der Waals surface area contributed by atoms with Gasteiger partial charge in [-0.05, 0) is 31.4 Å². The zero-order chi connectivity index (χ0) is 16.2. The second kappa shape index (κ2) is 6.96. The number of rotatable bonds is 3. The van der Waals surface area contributed by atoms with Crippen molar-refractivity contribution in [2.45, 2.75) is 19.3 Å². The Morgan fingerprint density at radius 2 is 1.87 bits per heavy atom. The zero-order valence-electron chi connectivity index (χ0n) is 13.0. The van der Waals surface area contributed by atoms with Gasteiger partial charge in [0.15, 0.2) is 11.5 Å². The summed E-state index contributed by atoms with van der Waals surface area (Å²) in [6, 6.07) is 7.40. The van der Waals surface area contributed by atoms with Crippen molar-refractivity contribution >= 4 is 23.4 Å². The van der Waals surface area contributed by atoms with Gasteiger partial charge in [0.25, 0.3) is 0 Å².